The highest BCUT2D eigenvalue weighted by atomic mass is 16.5. The predicted molar refractivity (Wildman–Crippen MR) is 86.7 cm³/mol. The van der Waals surface area contributed by atoms with Crippen LogP contribution < -0.4 is 5.32 Å². The van der Waals surface area contributed by atoms with Crippen molar-refractivity contribution in [3.8, 4) is 11.4 Å². The maximum atomic E-state index is 12.3. The van der Waals surface area contributed by atoms with Crippen molar-refractivity contribution in [3.05, 3.63) is 72.1 Å². The van der Waals surface area contributed by atoms with Crippen molar-refractivity contribution in [3.63, 3.8) is 0 Å². The number of hydrogen-bond donors (Lipinski definition) is 1. The SMILES string of the molecule is CC(C)(NC(=O)c1ccccc1)c1nc(-c2ccccc2)no1. The fraction of sp³-hybridized carbons (Fsp3) is 0.167. The molecule has 0 radical (unpaired) electrons. The first-order valence-electron chi connectivity index (χ1n) is 7.33. The molecule has 1 heterocycles. The summed E-state index contributed by atoms with van der Waals surface area (Å²) < 4.78 is 5.34. The zero-order valence-corrected chi connectivity index (χ0v) is 13.0. The molecule has 5 nitrogen and oxygen atoms in total. The van der Waals surface area contributed by atoms with Crippen molar-refractivity contribution >= 4 is 5.91 Å². The van der Waals surface area contributed by atoms with E-state index in [-0.39, 0.29) is 5.91 Å². The molecule has 0 aliphatic heterocycles. The topological polar surface area (TPSA) is 68.0 Å². The van der Waals surface area contributed by atoms with Gasteiger partial charge < -0.3 is 9.84 Å². The van der Waals surface area contributed by atoms with Crippen molar-refractivity contribution in [1.29, 1.82) is 0 Å². The van der Waals surface area contributed by atoms with Gasteiger partial charge in [0.2, 0.25) is 5.82 Å². The van der Waals surface area contributed by atoms with Gasteiger partial charge >= 0.3 is 0 Å². The summed E-state index contributed by atoms with van der Waals surface area (Å²) in [5, 5.41) is 6.91. The van der Waals surface area contributed by atoms with Crippen LogP contribution >= 0.6 is 0 Å². The van der Waals surface area contributed by atoms with Crippen LogP contribution in [0.4, 0.5) is 0 Å². The number of benzene rings is 2. The Kier molecular flexibility index (Phi) is 3.93. The molecular formula is C18H17N3O2. The molecule has 0 atom stereocenters. The summed E-state index contributed by atoms with van der Waals surface area (Å²) in [7, 11) is 0. The normalized spacial score (nSPS) is 11.2. The molecule has 0 saturated heterocycles. The monoisotopic (exact) mass is 307 g/mol. The van der Waals surface area contributed by atoms with E-state index in [0.717, 1.165) is 5.56 Å². The number of nitrogens with one attached hydrogen (secondary N) is 1. The number of carbonyl (C=O) groups excluding carboxylic acids is 1. The lowest BCUT2D eigenvalue weighted by atomic mass is 10.0. The second-order valence-electron chi connectivity index (χ2n) is 5.73. The lowest BCUT2D eigenvalue weighted by Gasteiger charge is -2.21. The first-order valence-corrected chi connectivity index (χ1v) is 7.33. The van der Waals surface area contributed by atoms with Gasteiger partial charge in [0.05, 0.1) is 0 Å². The maximum Gasteiger partial charge on any atom is 0.252 e. The summed E-state index contributed by atoms with van der Waals surface area (Å²) >= 11 is 0. The second-order valence-corrected chi connectivity index (χ2v) is 5.73. The zero-order chi connectivity index (χ0) is 16.3. The molecule has 5 heteroatoms. The smallest absolute Gasteiger partial charge is 0.252 e. The Morgan fingerprint density at radius 3 is 2.26 bits per heavy atom. The third-order valence-corrected chi connectivity index (χ3v) is 3.45. The van der Waals surface area contributed by atoms with Crippen molar-refractivity contribution in [2.24, 2.45) is 0 Å². The minimum absolute atomic E-state index is 0.185. The lowest BCUT2D eigenvalue weighted by Crippen LogP contribution is -2.41. The molecule has 1 N–H and O–H groups in total. The van der Waals surface area contributed by atoms with Gasteiger partial charge in [0.15, 0.2) is 0 Å². The van der Waals surface area contributed by atoms with Crippen molar-refractivity contribution < 1.29 is 9.32 Å². The van der Waals surface area contributed by atoms with E-state index in [9.17, 15) is 4.79 Å². The number of amides is 1. The van der Waals surface area contributed by atoms with Gasteiger partial charge in [-0.2, -0.15) is 4.98 Å². The molecule has 116 valence electrons. The lowest BCUT2D eigenvalue weighted by molar-refractivity contribution is 0.0895. The first kappa shape index (κ1) is 15.0. The molecule has 0 aliphatic rings. The van der Waals surface area contributed by atoms with E-state index in [1.165, 1.54) is 0 Å². The molecule has 0 spiro atoms. The molecule has 0 saturated carbocycles. The zero-order valence-electron chi connectivity index (χ0n) is 13.0. The molecule has 0 unspecified atom stereocenters. The second kappa shape index (κ2) is 6.04. The minimum atomic E-state index is -0.771. The van der Waals surface area contributed by atoms with Crippen LogP contribution in [0, 0.1) is 0 Å². The Morgan fingerprint density at radius 1 is 1.00 bits per heavy atom. The molecule has 1 aromatic heterocycles. The van der Waals surface area contributed by atoms with Crippen LogP contribution in [0.1, 0.15) is 30.1 Å². The van der Waals surface area contributed by atoms with E-state index < -0.39 is 5.54 Å². The fourth-order valence-electron chi connectivity index (χ4n) is 2.18. The van der Waals surface area contributed by atoms with Crippen molar-refractivity contribution in [1.82, 2.24) is 15.5 Å². The highest BCUT2D eigenvalue weighted by Crippen LogP contribution is 2.22. The van der Waals surface area contributed by atoms with Gasteiger partial charge in [-0.1, -0.05) is 53.7 Å². The van der Waals surface area contributed by atoms with Crippen LogP contribution in [-0.2, 0) is 5.54 Å². The summed E-state index contributed by atoms with van der Waals surface area (Å²) in [4.78, 5) is 16.7. The van der Waals surface area contributed by atoms with Gasteiger partial charge in [-0.25, -0.2) is 0 Å². The Hall–Kier alpha value is -2.95. The molecule has 0 bridgehead atoms. The van der Waals surface area contributed by atoms with Crippen LogP contribution in [0.3, 0.4) is 0 Å². The van der Waals surface area contributed by atoms with Gasteiger partial charge in [0.1, 0.15) is 5.54 Å². The Labute approximate surface area is 134 Å². The molecular weight excluding hydrogens is 290 g/mol. The van der Waals surface area contributed by atoms with E-state index in [2.05, 4.69) is 15.5 Å². The fourth-order valence-corrected chi connectivity index (χ4v) is 2.18. The molecule has 3 rings (SSSR count). The van der Waals surface area contributed by atoms with Gasteiger partial charge in [-0.3, -0.25) is 4.79 Å². The number of rotatable bonds is 4. The molecule has 3 aromatic rings. The number of aromatic nitrogens is 2. The van der Waals surface area contributed by atoms with Crippen LogP contribution in [0.15, 0.2) is 65.2 Å². The third-order valence-electron chi connectivity index (χ3n) is 3.45. The van der Waals surface area contributed by atoms with Gasteiger partial charge in [0, 0.05) is 11.1 Å². The number of hydrogen-bond acceptors (Lipinski definition) is 4. The summed E-state index contributed by atoms with van der Waals surface area (Å²) in [6.45, 7) is 3.66. The Balaban J connectivity index is 1.80. The standard InChI is InChI=1S/C18H17N3O2/c1-18(2,20-16(22)14-11-7-4-8-12-14)17-19-15(21-23-17)13-9-5-3-6-10-13/h3-12H,1-2H3,(H,20,22). The largest absolute Gasteiger partial charge is 0.338 e. The average Bonchev–Trinajstić information content (AvgIpc) is 3.07. The molecule has 1 amide bonds. The van der Waals surface area contributed by atoms with Crippen LogP contribution in [-0.4, -0.2) is 16.0 Å². The minimum Gasteiger partial charge on any atom is -0.338 e. The maximum absolute atomic E-state index is 12.3. The predicted octanol–water partition coefficient (Wildman–Crippen LogP) is 3.40. The highest BCUT2D eigenvalue weighted by molar-refractivity contribution is 5.94. The van der Waals surface area contributed by atoms with Crippen molar-refractivity contribution in [2.75, 3.05) is 0 Å². The van der Waals surface area contributed by atoms with Gasteiger partial charge in [0.25, 0.3) is 11.8 Å². The van der Waals surface area contributed by atoms with Crippen molar-refractivity contribution in [2.45, 2.75) is 19.4 Å². The summed E-state index contributed by atoms with van der Waals surface area (Å²) in [6.07, 6.45) is 0. The van der Waals surface area contributed by atoms with Crippen LogP contribution in [0.25, 0.3) is 11.4 Å². The molecule has 23 heavy (non-hydrogen) atoms. The Bertz CT molecular complexity index is 795. The number of nitrogens with zero attached hydrogens (tertiary/aromatic N) is 2. The molecule has 0 fully saturated rings. The van der Waals surface area contributed by atoms with Crippen LogP contribution in [0.5, 0.6) is 0 Å². The van der Waals surface area contributed by atoms with E-state index in [1.54, 1.807) is 12.1 Å². The summed E-state index contributed by atoms with van der Waals surface area (Å²) in [5.41, 5.74) is 0.684. The van der Waals surface area contributed by atoms with E-state index >= 15 is 0 Å². The quantitative estimate of drug-likeness (QED) is 0.802. The number of carbonyl (C=O) groups is 1. The van der Waals surface area contributed by atoms with E-state index in [1.807, 2.05) is 62.4 Å². The highest BCUT2D eigenvalue weighted by Gasteiger charge is 2.30. The third kappa shape index (κ3) is 3.29. The van der Waals surface area contributed by atoms with Gasteiger partial charge in [-0.15, -0.1) is 0 Å². The van der Waals surface area contributed by atoms with Gasteiger partial charge in [-0.05, 0) is 26.0 Å². The Morgan fingerprint density at radius 2 is 1.61 bits per heavy atom. The first-order chi connectivity index (χ1) is 11.1. The van der Waals surface area contributed by atoms with Crippen LogP contribution in [0.2, 0.25) is 0 Å². The van der Waals surface area contributed by atoms with E-state index in [4.69, 9.17) is 4.52 Å². The van der Waals surface area contributed by atoms with E-state index in [0.29, 0.717) is 17.3 Å². The average molecular weight is 307 g/mol. The summed E-state index contributed by atoms with van der Waals surface area (Å²) in [6, 6.07) is 18.6. The molecule has 0 aliphatic carbocycles. The molecule has 2 aromatic carbocycles. The summed E-state index contributed by atoms with van der Waals surface area (Å²) in [5.74, 6) is 0.679.